The van der Waals surface area contributed by atoms with E-state index in [1.54, 1.807) is 0 Å². The third kappa shape index (κ3) is 5.19. The second-order valence-corrected chi connectivity index (χ2v) is 1.07. The molecule has 7 heavy (non-hydrogen) atoms. The maximum atomic E-state index is 3.71. The van der Waals surface area contributed by atoms with Crippen LogP contribution in [0.15, 0.2) is 23.7 Å². The molecular formula is C6H9N. The molecular weight excluding hydrogens is 86.1 g/mol. The largest absolute Gasteiger partial charge is 0.240 e. The first kappa shape index (κ1) is 6.19. The maximum Gasteiger partial charge on any atom is 0.0664 e. The van der Waals surface area contributed by atoms with E-state index in [2.05, 4.69) is 17.4 Å². The zero-order chi connectivity index (χ0) is 5.54. The third-order valence-corrected chi connectivity index (χ3v) is 0.544. The van der Waals surface area contributed by atoms with Crippen molar-refractivity contribution in [2.75, 3.05) is 6.54 Å². The van der Waals surface area contributed by atoms with Crippen LogP contribution in [0, 0.1) is 0 Å². The maximum absolute atomic E-state index is 3.71. The van der Waals surface area contributed by atoms with E-state index in [1.165, 1.54) is 0 Å². The lowest BCUT2D eigenvalue weighted by Crippen LogP contribution is -1.65. The number of allylic oxidation sites excluding steroid dienone is 1. The van der Waals surface area contributed by atoms with Crippen LogP contribution in [0.25, 0.3) is 0 Å². The Morgan fingerprint density at radius 2 is 2.57 bits per heavy atom. The van der Waals surface area contributed by atoms with Gasteiger partial charge in [-0.15, -0.1) is 0 Å². The molecule has 38 valence electrons. The second-order valence-electron chi connectivity index (χ2n) is 1.07. The molecule has 1 heteroatoms. The number of rotatable bonds is 2. The van der Waals surface area contributed by atoms with E-state index in [0.717, 1.165) is 0 Å². The lowest BCUT2D eigenvalue weighted by molar-refractivity contribution is 1.26. The number of nitrogens with zero attached hydrogens (tertiary/aromatic N) is 1. The van der Waals surface area contributed by atoms with Gasteiger partial charge < -0.3 is 0 Å². The summed E-state index contributed by atoms with van der Waals surface area (Å²) in [5.41, 5.74) is 0. The average Bonchev–Trinajstić information content (AvgIpc) is 1.69. The van der Waals surface area contributed by atoms with Gasteiger partial charge in [-0.1, -0.05) is 12.2 Å². The van der Waals surface area contributed by atoms with Crippen molar-refractivity contribution in [2.45, 2.75) is 6.92 Å². The Labute approximate surface area is 44.1 Å². The highest BCUT2D eigenvalue weighted by molar-refractivity contribution is 5.46. The van der Waals surface area contributed by atoms with E-state index in [9.17, 15) is 0 Å². The minimum atomic E-state index is 0.708. The molecule has 0 unspecified atom stereocenters. The van der Waals surface area contributed by atoms with Crippen LogP contribution in [0.1, 0.15) is 6.92 Å². The standard InChI is InChI=1S/C6H9N/c1-3-5-6-7-4-2/h3,5H,2,6H2,1H3/b5-3+. The topological polar surface area (TPSA) is 12.4 Å². The number of hydrogen-bond acceptors (Lipinski definition) is 1. The minimum absolute atomic E-state index is 0.708. The fourth-order valence-electron chi connectivity index (χ4n) is 0.223. The molecule has 0 rings (SSSR count). The Morgan fingerprint density at radius 3 is 3.00 bits per heavy atom. The van der Waals surface area contributed by atoms with Crippen molar-refractivity contribution in [3.63, 3.8) is 0 Å². The van der Waals surface area contributed by atoms with Gasteiger partial charge in [0.2, 0.25) is 0 Å². The lowest BCUT2D eigenvalue weighted by Gasteiger charge is -1.71. The zero-order valence-electron chi connectivity index (χ0n) is 4.52. The highest BCUT2D eigenvalue weighted by Crippen LogP contribution is 1.68. The Morgan fingerprint density at radius 1 is 1.86 bits per heavy atom. The van der Waals surface area contributed by atoms with E-state index >= 15 is 0 Å². The van der Waals surface area contributed by atoms with Gasteiger partial charge in [0.25, 0.3) is 0 Å². The summed E-state index contributed by atoms with van der Waals surface area (Å²) in [6, 6.07) is 0. The molecule has 0 aliphatic rings. The first-order valence-corrected chi connectivity index (χ1v) is 2.21. The molecule has 0 aromatic heterocycles. The predicted molar refractivity (Wildman–Crippen MR) is 32.7 cm³/mol. The molecule has 0 aliphatic heterocycles. The summed E-state index contributed by atoms with van der Waals surface area (Å²) in [6.07, 6.45) is 3.89. The molecule has 0 saturated heterocycles. The van der Waals surface area contributed by atoms with Crippen molar-refractivity contribution in [2.24, 2.45) is 4.99 Å². The van der Waals surface area contributed by atoms with Gasteiger partial charge in [-0.25, -0.2) is 4.99 Å². The van der Waals surface area contributed by atoms with Crippen LogP contribution in [0.2, 0.25) is 0 Å². The molecule has 0 fully saturated rings. The number of hydrogen-bond donors (Lipinski definition) is 0. The second kappa shape index (κ2) is 5.19. The van der Waals surface area contributed by atoms with Gasteiger partial charge in [0.1, 0.15) is 0 Å². The van der Waals surface area contributed by atoms with Crippen molar-refractivity contribution in [1.82, 2.24) is 0 Å². The van der Waals surface area contributed by atoms with Crippen molar-refractivity contribution in [1.29, 1.82) is 0 Å². The van der Waals surface area contributed by atoms with Crippen LogP contribution >= 0.6 is 0 Å². The van der Waals surface area contributed by atoms with Gasteiger partial charge in [-0.3, -0.25) is 0 Å². The Kier molecular flexibility index (Phi) is 4.59. The highest BCUT2D eigenvalue weighted by atomic mass is 14.7. The van der Waals surface area contributed by atoms with Gasteiger partial charge in [-0.05, 0) is 19.4 Å². The van der Waals surface area contributed by atoms with Crippen molar-refractivity contribution < 1.29 is 0 Å². The SMILES string of the molecule is C=C=NC/C=C/C. The number of aliphatic imine (C=N–C) groups is 1. The fourth-order valence-corrected chi connectivity index (χ4v) is 0.223. The summed E-state index contributed by atoms with van der Waals surface area (Å²) in [4.78, 5) is 3.71. The Bertz CT molecular complexity index is 96.7. The van der Waals surface area contributed by atoms with Crippen LogP contribution in [0.4, 0.5) is 0 Å². The summed E-state index contributed by atoms with van der Waals surface area (Å²) in [5, 5.41) is 0. The summed E-state index contributed by atoms with van der Waals surface area (Å²) < 4.78 is 0. The summed E-state index contributed by atoms with van der Waals surface area (Å²) >= 11 is 0. The summed E-state index contributed by atoms with van der Waals surface area (Å²) in [7, 11) is 0. The Hall–Kier alpha value is -0.810. The third-order valence-electron chi connectivity index (χ3n) is 0.544. The zero-order valence-corrected chi connectivity index (χ0v) is 4.52. The molecule has 0 atom stereocenters. The van der Waals surface area contributed by atoms with E-state index < -0.39 is 0 Å². The molecule has 0 aromatic carbocycles. The molecule has 0 heterocycles. The van der Waals surface area contributed by atoms with Crippen molar-refractivity contribution in [3.8, 4) is 0 Å². The smallest absolute Gasteiger partial charge is 0.0664 e. The van der Waals surface area contributed by atoms with E-state index in [4.69, 9.17) is 0 Å². The highest BCUT2D eigenvalue weighted by Gasteiger charge is 1.60. The Balaban J connectivity index is 3.15. The van der Waals surface area contributed by atoms with E-state index in [1.807, 2.05) is 19.1 Å². The first-order chi connectivity index (χ1) is 3.41. The molecule has 0 saturated carbocycles. The summed E-state index contributed by atoms with van der Waals surface area (Å²) in [6.45, 7) is 5.97. The summed E-state index contributed by atoms with van der Waals surface area (Å²) in [5.74, 6) is 2.43. The predicted octanol–water partition coefficient (Wildman–Crippen LogP) is 1.42. The van der Waals surface area contributed by atoms with Crippen LogP contribution in [0.3, 0.4) is 0 Å². The normalized spacial score (nSPS) is 8.71. The molecule has 1 nitrogen and oxygen atoms in total. The van der Waals surface area contributed by atoms with Gasteiger partial charge in [0.05, 0.1) is 6.54 Å². The molecule has 0 N–H and O–H groups in total. The van der Waals surface area contributed by atoms with Crippen LogP contribution in [0.5, 0.6) is 0 Å². The molecule has 0 bridgehead atoms. The van der Waals surface area contributed by atoms with E-state index in [0.29, 0.717) is 6.54 Å². The van der Waals surface area contributed by atoms with Gasteiger partial charge >= 0.3 is 0 Å². The molecule has 0 spiro atoms. The minimum Gasteiger partial charge on any atom is -0.240 e. The average molecular weight is 95.1 g/mol. The van der Waals surface area contributed by atoms with Gasteiger partial charge in [0, 0.05) is 0 Å². The first-order valence-electron chi connectivity index (χ1n) is 2.21. The molecule has 0 aliphatic carbocycles. The molecule has 0 amide bonds. The molecule has 0 radical (unpaired) electrons. The van der Waals surface area contributed by atoms with Gasteiger partial charge in [0.15, 0.2) is 0 Å². The molecule has 0 aromatic rings. The van der Waals surface area contributed by atoms with Gasteiger partial charge in [-0.2, -0.15) is 0 Å². The van der Waals surface area contributed by atoms with Crippen LogP contribution in [-0.4, -0.2) is 12.4 Å². The van der Waals surface area contributed by atoms with Crippen LogP contribution < -0.4 is 0 Å². The van der Waals surface area contributed by atoms with Crippen molar-refractivity contribution in [3.05, 3.63) is 18.7 Å². The quantitative estimate of drug-likeness (QED) is 0.363. The van der Waals surface area contributed by atoms with Crippen molar-refractivity contribution >= 4 is 5.87 Å². The van der Waals surface area contributed by atoms with Crippen LogP contribution in [-0.2, 0) is 0 Å². The monoisotopic (exact) mass is 95.1 g/mol. The van der Waals surface area contributed by atoms with E-state index in [-0.39, 0.29) is 0 Å². The lowest BCUT2D eigenvalue weighted by atomic mass is 10.5. The fraction of sp³-hybridized carbons (Fsp3) is 0.333.